The molecule has 0 saturated carbocycles. The lowest BCUT2D eigenvalue weighted by Gasteiger charge is -2.08. The molecule has 0 radical (unpaired) electrons. The molecule has 0 spiro atoms. The first-order chi connectivity index (χ1) is 12.8. The third-order valence-corrected chi connectivity index (χ3v) is 4.53. The van der Waals surface area contributed by atoms with Crippen LogP contribution in [-0.4, -0.2) is 10.8 Å². The molecule has 0 aliphatic rings. The number of H-pyrrole nitrogens is 1. The Bertz CT molecular complexity index is 1000. The van der Waals surface area contributed by atoms with Gasteiger partial charge in [0.05, 0.1) is 0 Å². The summed E-state index contributed by atoms with van der Waals surface area (Å²) in [6, 6.07) is 29.9. The van der Waals surface area contributed by atoms with Crippen LogP contribution < -0.4 is 0 Å². The van der Waals surface area contributed by atoms with Crippen molar-refractivity contribution in [2.45, 2.75) is 6.42 Å². The summed E-state index contributed by atoms with van der Waals surface area (Å²) in [5.74, 6) is 0.0417. The topological polar surface area (TPSA) is 32.9 Å². The molecule has 0 aliphatic heterocycles. The fourth-order valence-corrected chi connectivity index (χ4v) is 3.26. The molecule has 4 rings (SSSR count). The first kappa shape index (κ1) is 16.1. The van der Waals surface area contributed by atoms with E-state index in [2.05, 4.69) is 29.2 Å². The molecule has 2 nitrogen and oxygen atoms in total. The number of aromatic amines is 1. The first-order valence-electron chi connectivity index (χ1n) is 8.72. The number of nitrogens with one attached hydrogen (secondary N) is 1. The van der Waals surface area contributed by atoms with Crippen molar-refractivity contribution in [2.75, 3.05) is 0 Å². The number of ketones is 1. The van der Waals surface area contributed by atoms with E-state index in [0.29, 0.717) is 11.1 Å². The Hall–Kier alpha value is -3.39. The van der Waals surface area contributed by atoms with Gasteiger partial charge in [-0.15, -0.1) is 0 Å². The van der Waals surface area contributed by atoms with Crippen LogP contribution in [0.25, 0.3) is 11.1 Å². The van der Waals surface area contributed by atoms with Gasteiger partial charge in [0.1, 0.15) is 0 Å². The van der Waals surface area contributed by atoms with Gasteiger partial charge in [-0.2, -0.15) is 0 Å². The Morgan fingerprint density at radius 2 is 1.31 bits per heavy atom. The number of aromatic nitrogens is 1. The molecule has 0 amide bonds. The molecule has 0 saturated heterocycles. The second kappa shape index (κ2) is 7.24. The lowest BCUT2D eigenvalue weighted by atomic mass is 9.94. The lowest BCUT2D eigenvalue weighted by molar-refractivity contribution is 0.103. The van der Waals surface area contributed by atoms with Crippen LogP contribution >= 0.6 is 0 Å². The highest BCUT2D eigenvalue weighted by Gasteiger charge is 2.20. The Morgan fingerprint density at radius 3 is 1.96 bits per heavy atom. The highest BCUT2D eigenvalue weighted by atomic mass is 16.1. The zero-order chi connectivity index (χ0) is 17.8. The van der Waals surface area contributed by atoms with E-state index in [1.165, 1.54) is 5.56 Å². The minimum atomic E-state index is 0.0417. The second-order valence-electron chi connectivity index (χ2n) is 6.28. The molecule has 0 bridgehead atoms. The van der Waals surface area contributed by atoms with Crippen LogP contribution in [0.1, 0.15) is 27.2 Å². The average Bonchev–Trinajstić information content (AvgIpc) is 3.13. The van der Waals surface area contributed by atoms with E-state index in [1.54, 1.807) is 0 Å². The maximum atomic E-state index is 13.1. The minimum Gasteiger partial charge on any atom is -0.363 e. The van der Waals surface area contributed by atoms with Gasteiger partial charge in [0, 0.05) is 35.0 Å². The van der Waals surface area contributed by atoms with Crippen molar-refractivity contribution in [1.82, 2.24) is 4.98 Å². The predicted molar refractivity (Wildman–Crippen MR) is 105 cm³/mol. The number of carbonyl (C=O) groups excluding carboxylic acids is 1. The van der Waals surface area contributed by atoms with E-state index in [9.17, 15) is 4.79 Å². The molecule has 1 heterocycles. The van der Waals surface area contributed by atoms with Crippen molar-refractivity contribution in [2.24, 2.45) is 0 Å². The highest BCUT2D eigenvalue weighted by Crippen LogP contribution is 2.31. The monoisotopic (exact) mass is 337 g/mol. The molecule has 26 heavy (non-hydrogen) atoms. The number of hydrogen-bond acceptors (Lipinski definition) is 1. The molecule has 2 heteroatoms. The zero-order valence-electron chi connectivity index (χ0n) is 14.4. The van der Waals surface area contributed by atoms with Gasteiger partial charge in [0.2, 0.25) is 0 Å². The molecule has 0 aliphatic carbocycles. The van der Waals surface area contributed by atoms with Crippen LogP contribution in [0.4, 0.5) is 0 Å². The maximum Gasteiger partial charge on any atom is 0.195 e. The normalized spacial score (nSPS) is 10.6. The summed E-state index contributed by atoms with van der Waals surface area (Å²) in [7, 11) is 0. The maximum absolute atomic E-state index is 13.1. The van der Waals surface area contributed by atoms with Crippen molar-refractivity contribution >= 4 is 5.78 Å². The van der Waals surface area contributed by atoms with Crippen LogP contribution in [-0.2, 0) is 6.42 Å². The van der Waals surface area contributed by atoms with Gasteiger partial charge in [-0.1, -0.05) is 91.0 Å². The van der Waals surface area contributed by atoms with Gasteiger partial charge in [-0.3, -0.25) is 4.79 Å². The van der Waals surface area contributed by atoms with Crippen LogP contribution in [0.2, 0.25) is 0 Å². The van der Waals surface area contributed by atoms with E-state index in [0.717, 1.165) is 23.2 Å². The minimum absolute atomic E-state index is 0.0417. The zero-order valence-corrected chi connectivity index (χ0v) is 14.4. The fourth-order valence-electron chi connectivity index (χ4n) is 3.26. The summed E-state index contributed by atoms with van der Waals surface area (Å²) in [5, 5.41) is 0. The number of rotatable bonds is 5. The van der Waals surface area contributed by atoms with E-state index in [-0.39, 0.29) is 5.78 Å². The van der Waals surface area contributed by atoms with E-state index in [1.807, 2.05) is 72.9 Å². The molecule has 4 aromatic rings. The smallest absolute Gasteiger partial charge is 0.195 e. The van der Waals surface area contributed by atoms with Crippen molar-refractivity contribution in [3.63, 3.8) is 0 Å². The SMILES string of the molecule is O=C(c1ccccc1)c1c[nH]c(Cc2ccccc2)c1-c1ccccc1. The quantitative estimate of drug-likeness (QED) is 0.479. The largest absolute Gasteiger partial charge is 0.363 e. The summed E-state index contributed by atoms with van der Waals surface area (Å²) >= 11 is 0. The first-order valence-corrected chi connectivity index (χ1v) is 8.72. The molecule has 0 atom stereocenters. The Labute approximate surface area is 153 Å². The summed E-state index contributed by atoms with van der Waals surface area (Å²) in [4.78, 5) is 16.4. The molecule has 126 valence electrons. The number of benzene rings is 3. The van der Waals surface area contributed by atoms with Crippen LogP contribution in [0, 0.1) is 0 Å². The highest BCUT2D eigenvalue weighted by molar-refractivity contribution is 6.13. The van der Waals surface area contributed by atoms with Crippen molar-refractivity contribution in [1.29, 1.82) is 0 Å². The summed E-state index contributed by atoms with van der Waals surface area (Å²) in [6.07, 6.45) is 2.60. The molecule has 1 N–H and O–H groups in total. The lowest BCUT2D eigenvalue weighted by Crippen LogP contribution is -2.02. The van der Waals surface area contributed by atoms with Gasteiger partial charge in [-0.05, 0) is 11.1 Å². The van der Waals surface area contributed by atoms with Crippen molar-refractivity contribution in [3.05, 3.63) is 120 Å². The van der Waals surface area contributed by atoms with Crippen molar-refractivity contribution < 1.29 is 4.79 Å². The van der Waals surface area contributed by atoms with Gasteiger partial charge in [-0.25, -0.2) is 0 Å². The van der Waals surface area contributed by atoms with E-state index < -0.39 is 0 Å². The molecule has 3 aromatic carbocycles. The summed E-state index contributed by atoms with van der Waals surface area (Å²) < 4.78 is 0. The van der Waals surface area contributed by atoms with Crippen LogP contribution in [0.5, 0.6) is 0 Å². The number of hydrogen-bond donors (Lipinski definition) is 1. The average molecular weight is 337 g/mol. The Kier molecular flexibility index (Phi) is 4.48. The predicted octanol–water partition coefficient (Wildman–Crippen LogP) is 5.50. The third-order valence-electron chi connectivity index (χ3n) is 4.53. The van der Waals surface area contributed by atoms with Gasteiger partial charge in [0.15, 0.2) is 5.78 Å². The summed E-state index contributed by atoms with van der Waals surface area (Å²) in [5.41, 5.74) is 5.73. The van der Waals surface area contributed by atoms with E-state index >= 15 is 0 Å². The number of carbonyl (C=O) groups is 1. The Balaban J connectivity index is 1.81. The van der Waals surface area contributed by atoms with Crippen LogP contribution in [0.3, 0.4) is 0 Å². The van der Waals surface area contributed by atoms with E-state index in [4.69, 9.17) is 0 Å². The van der Waals surface area contributed by atoms with Gasteiger partial charge >= 0.3 is 0 Å². The van der Waals surface area contributed by atoms with Gasteiger partial charge < -0.3 is 4.98 Å². The molecule has 0 fully saturated rings. The second-order valence-corrected chi connectivity index (χ2v) is 6.28. The van der Waals surface area contributed by atoms with Gasteiger partial charge in [0.25, 0.3) is 0 Å². The Morgan fingerprint density at radius 1 is 0.731 bits per heavy atom. The standard InChI is InChI=1S/C24H19NO/c26-24(20-14-8-3-9-15-20)21-17-25-22(16-18-10-4-1-5-11-18)23(21)19-12-6-2-7-13-19/h1-15,17,25H,16H2. The molecule has 1 aromatic heterocycles. The van der Waals surface area contributed by atoms with Crippen LogP contribution in [0.15, 0.2) is 97.2 Å². The molecular formula is C24H19NO. The molecule has 0 unspecified atom stereocenters. The summed E-state index contributed by atoms with van der Waals surface area (Å²) in [6.45, 7) is 0. The third kappa shape index (κ3) is 3.22. The molecular weight excluding hydrogens is 318 g/mol. The fraction of sp³-hybridized carbons (Fsp3) is 0.0417. The van der Waals surface area contributed by atoms with Crippen molar-refractivity contribution in [3.8, 4) is 11.1 Å².